The van der Waals surface area contributed by atoms with Crippen LogP contribution in [0.2, 0.25) is 0 Å². The molecule has 5 rings (SSSR count). The summed E-state index contributed by atoms with van der Waals surface area (Å²) in [5, 5.41) is 0. The van der Waals surface area contributed by atoms with Gasteiger partial charge in [-0.25, -0.2) is 17.6 Å². The van der Waals surface area contributed by atoms with Crippen LogP contribution in [0.3, 0.4) is 0 Å². The number of alkyl halides is 2. The maximum atomic E-state index is 15.1. The minimum atomic E-state index is -3.54. The van der Waals surface area contributed by atoms with E-state index in [1.54, 1.807) is 0 Å². The summed E-state index contributed by atoms with van der Waals surface area (Å²) in [6, 6.07) is 4.21. The van der Waals surface area contributed by atoms with Crippen molar-refractivity contribution in [3.05, 3.63) is 53.6 Å². The quantitative estimate of drug-likeness (QED) is 0.213. The number of benzene rings is 2. The van der Waals surface area contributed by atoms with Gasteiger partial charge in [-0.3, -0.25) is 0 Å². The van der Waals surface area contributed by atoms with Crippen LogP contribution < -0.4 is 4.74 Å². The van der Waals surface area contributed by atoms with Gasteiger partial charge in [0.2, 0.25) is 0 Å². The van der Waals surface area contributed by atoms with Crippen LogP contribution in [0, 0.1) is 52.9 Å². The largest absolute Gasteiger partial charge is 0.432 e. The fourth-order valence-corrected chi connectivity index (χ4v) is 6.99. The van der Waals surface area contributed by atoms with Crippen molar-refractivity contribution in [1.29, 1.82) is 0 Å². The van der Waals surface area contributed by atoms with Gasteiger partial charge in [0.15, 0.2) is 23.7 Å². The van der Waals surface area contributed by atoms with Crippen LogP contribution in [0.15, 0.2) is 30.3 Å². The van der Waals surface area contributed by atoms with Gasteiger partial charge in [0.05, 0.1) is 19.1 Å². The number of unbranched alkanes of at least 4 members (excludes halogenated alkanes) is 1. The van der Waals surface area contributed by atoms with Crippen molar-refractivity contribution >= 4 is 0 Å². The van der Waals surface area contributed by atoms with E-state index in [1.807, 2.05) is 0 Å². The molecule has 1 aliphatic heterocycles. The van der Waals surface area contributed by atoms with Gasteiger partial charge in [-0.2, -0.15) is 8.78 Å². The molecule has 0 N–H and O–H groups in total. The molecular formula is C33H40F6O3. The molecule has 9 heteroatoms. The van der Waals surface area contributed by atoms with Gasteiger partial charge >= 0.3 is 6.11 Å². The maximum absolute atomic E-state index is 15.1. The summed E-state index contributed by atoms with van der Waals surface area (Å²) in [7, 11) is 0. The predicted molar refractivity (Wildman–Crippen MR) is 147 cm³/mol. The van der Waals surface area contributed by atoms with Crippen molar-refractivity contribution in [2.75, 3.05) is 13.2 Å². The second-order valence-electron chi connectivity index (χ2n) is 12.4. The molecule has 0 atom stereocenters. The minimum Gasteiger partial charge on any atom is -0.432 e. The third kappa shape index (κ3) is 7.26. The van der Waals surface area contributed by atoms with Crippen LogP contribution >= 0.6 is 0 Å². The Balaban J connectivity index is 1.09. The highest BCUT2D eigenvalue weighted by atomic mass is 19.3. The summed E-state index contributed by atoms with van der Waals surface area (Å²) >= 11 is 0. The zero-order chi connectivity index (χ0) is 29.9. The molecule has 0 unspecified atom stereocenters. The molecule has 3 aliphatic rings. The topological polar surface area (TPSA) is 27.7 Å². The molecule has 2 aromatic carbocycles. The Labute approximate surface area is 243 Å². The second kappa shape index (κ2) is 13.6. The van der Waals surface area contributed by atoms with Crippen LogP contribution in [-0.2, 0) is 9.47 Å². The molecule has 0 bridgehead atoms. The third-order valence-electron chi connectivity index (χ3n) is 9.59. The first-order valence-corrected chi connectivity index (χ1v) is 15.4. The molecule has 232 valence electrons. The first kappa shape index (κ1) is 31.2. The average Bonchev–Trinajstić information content (AvgIpc) is 2.99. The summed E-state index contributed by atoms with van der Waals surface area (Å²) in [5.41, 5.74) is -0.521. The van der Waals surface area contributed by atoms with Gasteiger partial charge in [0, 0.05) is 23.5 Å². The zero-order valence-corrected chi connectivity index (χ0v) is 24.0. The predicted octanol–water partition coefficient (Wildman–Crippen LogP) is 9.67. The van der Waals surface area contributed by atoms with E-state index in [4.69, 9.17) is 14.2 Å². The van der Waals surface area contributed by atoms with E-state index in [-0.39, 0.29) is 36.2 Å². The molecule has 0 aromatic heterocycles. The number of rotatable bonds is 9. The molecule has 0 amide bonds. The lowest BCUT2D eigenvalue weighted by Crippen LogP contribution is -2.43. The molecule has 2 saturated carbocycles. The molecule has 1 heterocycles. The number of hydrogen-bond donors (Lipinski definition) is 0. The van der Waals surface area contributed by atoms with Crippen LogP contribution in [0.1, 0.15) is 77.6 Å². The minimum absolute atomic E-state index is 0.0380. The Morgan fingerprint density at radius 1 is 0.762 bits per heavy atom. The van der Waals surface area contributed by atoms with E-state index in [0.717, 1.165) is 24.1 Å². The van der Waals surface area contributed by atoms with Crippen molar-refractivity contribution in [3.8, 4) is 16.9 Å². The monoisotopic (exact) mass is 598 g/mol. The fourth-order valence-electron chi connectivity index (χ4n) is 6.99. The van der Waals surface area contributed by atoms with Crippen LogP contribution in [0.5, 0.6) is 5.75 Å². The Bertz CT molecular complexity index is 1160. The number of hydrogen-bond acceptors (Lipinski definition) is 3. The fraction of sp³-hybridized carbons (Fsp3) is 0.636. The van der Waals surface area contributed by atoms with Crippen LogP contribution in [0.25, 0.3) is 11.1 Å². The Hall–Kier alpha value is -2.26. The SMILES string of the molecule is CCCCC1CCC(C2COC(C3CCC(C(F)(F)Oc4ccc(-c5cc(F)c(F)c(F)c5)c(F)c4)CC3)OC2)CC1. The van der Waals surface area contributed by atoms with E-state index in [1.165, 1.54) is 44.9 Å². The Kier molecular flexibility index (Phi) is 10.1. The average molecular weight is 599 g/mol. The van der Waals surface area contributed by atoms with Crippen molar-refractivity contribution < 1.29 is 40.6 Å². The third-order valence-corrected chi connectivity index (χ3v) is 9.59. The van der Waals surface area contributed by atoms with Crippen molar-refractivity contribution in [2.24, 2.45) is 29.6 Å². The Morgan fingerprint density at radius 2 is 1.38 bits per heavy atom. The molecule has 2 aromatic rings. The highest BCUT2D eigenvalue weighted by Crippen LogP contribution is 2.43. The van der Waals surface area contributed by atoms with Crippen LogP contribution in [-0.4, -0.2) is 25.6 Å². The second-order valence-corrected chi connectivity index (χ2v) is 12.4. The highest BCUT2D eigenvalue weighted by Gasteiger charge is 2.46. The smallest absolute Gasteiger partial charge is 0.400 e. The first-order valence-electron chi connectivity index (χ1n) is 15.4. The van der Waals surface area contributed by atoms with Gasteiger partial charge in [-0.15, -0.1) is 0 Å². The number of halogens is 6. The van der Waals surface area contributed by atoms with Crippen molar-refractivity contribution in [1.82, 2.24) is 0 Å². The highest BCUT2D eigenvalue weighted by molar-refractivity contribution is 5.65. The maximum Gasteiger partial charge on any atom is 0.400 e. The molecule has 1 saturated heterocycles. The van der Waals surface area contributed by atoms with Crippen LogP contribution in [0.4, 0.5) is 26.3 Å². The molecular weight excluding hydrogens is 558 g/mol. The van der Waals surface area contributed by atoms with Gasteiger partial charge in [-0.05, 0) is 80.2 Å². The summed E-state index contributed by atoms with van der Waals surface area (Å²) < 4.78 is 102. The van der Waals surface area contributed by atoms with E-state index >= 15 is 8.78 Å². The molecule has 3 nitrogen and oxygen atoms in total. The number of ether oxygens (including phenoxy) is 3. The molecule has 0 radical (unpaired) electrons. The molecule has 3 fully saturated rings. The van der Waals surface area contributed by atoms with E-state index in [0.29, 0.717) is 50.0 Å². The lowest BCUT2D eigenvalue weighted by atomic mass is 9.74. The lowest BCUT2D eigenvalue weighted by Gasteiger charge is -2.41. The summed E-state index contributed by atoms with van der Waals surface area (Å²) in [5.74, 6) is -5.19. The van der Waals surface area contributed by atoms with E-state index in [2.05, 4.69) is 6.92 Å². The van der Waals surface area contributed by atoms with Crippen molar-refractivity contribution in [2.45, 2.75) is 90.0 Å². The standard InChI is InChI=1S/C33H40F6O3/c1-2-3-4-20-5-7-21(8-6-20)24-18-40-32(41-19-24)22-9-11-25(12-10-22)33(38,39)42-26-13-14-27(28(34)17-26)23-15-29(35)31(37)30(36)16-23/h13-17,20-22,24-25,32H,2-12,18-19H2,1H3. The van der Waals surface area contributed by atoms with Crippen molar-refractivity contribution in [3.63, 3.8) is 0 Å². The summed E-state index contributed by atoms with van der Waals surface area (Å²) in [6.07, 6.45) is 6.45. The summed E-state index contributed by atoms with van der Waals surface area (Å²) in [4.78, 5) is 0. The first-order chi connectivity index (χ1) is 20.1. The van der Waals surface area contributed by atoms with Gasteiger partial charge in [-0.1, -0.05) is 39.0 Å². The summed E-state index contributed by atoms with van der Waals surface area (Å²) in [6.45, 7) is 3.56. The normalized spacial score (nSPS) is 28.9. The lowest BCUT2D eigenvalue weighted by molar-refractivity contribution is -0.251. The molecule has 2 aliphatic carbocycles. The zero-order valence-electron chi connectivity index (χ0n) is 24.0. The van der Waals surface area contributed by atoms with Gasteiger partial charge < -0.3 is 14.2 Å². The van der Waals surface area contributed by atoms with Gasteiger partial charge in [0.25, 0.3) is 0 Å². The molecule has 42 heavy (non-hydrogen) atoms. The van der Waals surface area contributed by atoms with Gasteiger partial charge in [0.1, 0.15) is 11.6 Å². The Morgan fingerprint density at radius 3 is 1.98 bits per heavy atom. The van der Waals surface area contributed by atoms with E-state index < -0.39 is 41.0 Å². The molecule has 0 spiro atoms. The van der Waals surface area contributed by atoms with E-state index in [9.17, 15) is 17.6 Å².